The zero-order chi connectivity index (χ0) is 16.6. The summed E-state index contributed by atoms with van der Waals surface area (Å²) in [7, 11) is 0. The Kier molecular flexibility index (Phi) is 4.61. The van der Waals surface area contributed by atoms with Gasteiger partial charge in [-0.2, -0.15) is 0 Å². The van der Waals surface area contributed by atoms with Gasteiger partial charge in [0.2, 0.25) is 0 Å². The molecule has 5 heteroatoms. The van der Waals surface area contributed by atoms with Crippen molar-refractivity contribution < 1.29 is 15.0 Å². The third-order valence-electron chi connectivity index (χ3n) is 4.18. The minimum absolute atomic E-state index is 0.124. The molecule has 0 fully saturated rings. The van der Waals surface area contributed by atoms with Crippen LogP contribution in [0.1, 0.15) is 48.0 Å². The van der Waals surface area contributed by atoms with Crippen molar-refractivity contribution in [3.05, 3.63) is 23.3 Å². The van der Waals surface area contributed by atoms with Crippen molar-refractivity contribution >= 4 is 6.09 Å². The number of hydrogen-bond acceptors (Lipinski definition) is 3. The maximum absolute atomic E-state index is 10.9. The molecule has 0 aromatic heterocycles. The number of aliphatic hydroxyl groups is 1. The number of amides is 1. The van der Waals surface area contributed by atoms with Gasteiger partial charge < -0.3 is 10.2 Å². The lowest BCUT2D eigenvalue weighted by molar-refractivity contribution is -0.0180. The predicted molar refractivity (Wildman–Crippen MR) is 83.6 cm³/mol. The first-order valence-electron chi connectivity index (χ1n) is 7.17. The number of carbonyl (C=O) groups is 1. The third kappa shape index (κ3) is 3.86. The molecule has 0 aromatic carbocycles. The Morgan fingerprint density at radius 2 is 1.86 bits per heavy atom. The minimum Gasteiger partial charge on any atom is -0.464 e. The van der Waals surface area contributed by atoms with Crippen molar-refractivity contribution in [2.45, 2.75) is 53.6 Å². The molecule has 1 rings (SSSR count). The van der Waals surface area contributed by atoms with Crippen molar-refractivity contribution in [1.82, 2.24) is 5.01 Å². The normalized spacial score (nSPS) is 23.4. The molecule has 0 spiro atoms. The molecule has 0 aliphatic heterocycles. The fraction of sp³-hybridized carbons (Fsp3) is 0.688. The second-order valence-corrected chi connectivity index (χ2v) is 7.85. The van der Waals surface area contributed by atoms with Crippen LogP contribution < -0.4 is 5.84 Å². The van der Waals surface area contributed by atoms with Crippen molar-refractivity contribution in [2.24, 2.45) is 16.7 Å². The van der Waals surface area contributed by atoms with Crippen molar-refractivity contribution in [3.8, 4) is 0 Å². The van der Waals surface area contributed by atoms with Crippen LogP contribution in [0, 0.1) is 10.8 Å². The van der Waals surface area contributed by atoms with E-state index in [1.54, 1.807) is 6.08 Å². The monoisotopic (exact) mass is 296 g/mol. The lowest BCUT2D eigenvalue weighted by atomic mass is 9.66. The van der Waals surface area contributed by atoms with E-state index in [-0.39, 0.29) is 17.4 Å². The van der Waals surface area contributed by atoms with Crippen LogP contribution >= 0.6 is 0 Å². The largest absolute Gasteiger partial charge is 0.464 e. The van der Waals surface area contributed by atoms with E-state index in [0.717, 1.165) is 16.2 Å². The molecule has 1 aliphatic carbocycles. The van der Waals surface area contributed by atoms with Gasteiger partial charge in [-0.15, -0.1) is 0 Å². The molecule has 0 heterocycles. The van der Waals surface area contributed by atoms with Crippen LogP contribution in [0.2, 0.25) is 0 Å². The summed E-state index contributed by atoms with van der Waals surface area (Å²) in [5.74, 6) is 5.51. The van der Waals surface area contributed by atoms with E-state index in [2.05, 4.69) is 20.8 Å². The van der Waals surface area contributed by atoms with E-state index in [1.165, 1.54) is 0 Å². The summed E-state index contributed by atoms with van der Waals surface area (Å²) in [4.78, 5) is 10.9. The van der Waals surface area contributed by atoms with Crippen LogP contribution in [0.4, 0.5) is 4.79 Å². The Labute approximate surface area is 127 Å². The topological polar surface area (TPSA) is 86.8 Å². The highest BCUT2D eigenvalue weighted by atomic mass is 16.4. The third-order valence-corrected chi connectivity index (χ3v) is 4.18. The summed E-state index contributed by atoms with van der Waals surface area (Å²) >= 11 is 0. The van der Waals surface area contributed by atoms with Crippen molar-refractivity contribution in [2.75, 3.05) is 6.54 Å². The van der Waals surface area contributed by atoms with Crippen molar-refractivity contribution in [3.63, 3.8) is 0 Å². The van der Waals surface area contributed by atoms with Crippen LogP contribution in [-0.4, -0.2) is 33.5 Å². The molecule has 1 atom stereocenters. The lowest BCUT2D eigenvalue weighted by Crippen LogP contribution is -2.45. The highest BCUT2D eigenvalue weighted by Gasteiger charge is 2.42. The average Bonchev–Trinajstić information content (AvgIpc) is 2.28. The van der Waals surface area contributed by atoms with Crippen LogP contribution in [-0.2, 0) is 0 Å². The first-order valence-corrected chi connectivity index (χ1v) is 7.17. The first-order chi connectivity index (χ1) is 9.28. The van der Waals surface area contributed by atoms with Gasteiger partial charge in [0.25, 0.3) is 0 Å². The zero-order valence-electron chi connectivity index (χ0n) is 13.9. The number of rotatable bonds is 2. The van der Waals surface area contributed by atoms with Gasteiger partial charge in [-0.1, -0.05) is 59.3 Å². The number of nitrogens with two attached hydrogens (primary N) is 1. The predicted octanol–water partition coefficient (Wildman–Crippen LogP) is 2.92. The van der Waals surface area contributed by atoms with Crippen molar-refractivity contribution in [1.29, 1.82) is 0 Å². The second kappa shape index (κ2) is 5.46. The van der Waals surface area contributed by atoms with Gasteiger partial charge in [-0.3, -0.25) is 0 Å². The minimum atomic E-state index is -1.17. The fourth-order valence-corrected chi connectivity index (χ4v) is 2.44. The summed E-state index contributed by atoms with van der Waals surface area (Å²) in [6.07, 6.45) is 2.91. The van der Waals surface area contributed by atoms with E-state index >= 15 is 0 Å². The molecule has 0 aromatic rings. The van der Waals surface area contributed by atoms with Gasteiger partial charge in [0.05, 0.1) is 12.1 Å². The van der Waals surface area contributed by atoms with Gasteiger partial charge in [0, 0.05) is 6.42 Å². The molecule has 0 saturated heterocycles. The molecular weight excluding hydrogens is 268 g/mol. The summed E-state index contributed by atoms with van der Waals surface area (Å²) in [5, 5.41) is 20.6. The van der Waals surface area contributed by atoms with E-state index in [0.29, 0.717) is 6.42 Å². The number of hydrogen-bond donors (Lipinski definition) is 3. The standard InChI is InChI=1S/C16H28N2O3/c1-14(2,3)12-9-16(21,15(4,5)6)8-7-11(12)10-18(17)13(19)20/h7-8,21H,9-10,17H2,1-6H3,(H,19,20). The molecule has 1 aliphatic rings. The fourth-order valence-electron chi connectivity index (χ4n) is 2.44. The Bertz CT molecular complexity index is 481. The quantitative estimate of drug-likeness (QED) is 0.415. The lowest BCUT2D eigenvalue weighted by Gasteiger charge is -2.44. The second-order valence-electron chi connectivity index (χ2n) is 7.85. The number of nitrogens with zero attached hydrogens (tertiary/aromatic N) is 1. The molecule has 4 N–H and O–H groups in total. The van der Waals surface area contributed by atoms with E-state index in [9.17, 15) is 9.90 Å². The Balaban J connectivity index is 3.21. The molecule has 0 bridgehead atoms. The number of hydrazine groups is 1. The Morgan fingerprint density at radius 1 is 1.33 bits per heavy atom. The molecular formula is C16H28N2O3. The van der Waals surface area contributed by atoms with Gasteiger partial charge >= 0.3 is 6.09 Å². The van der Waals surface area contributed by atoms with E-state index < -0.39 is 11.7 Å². The molecule has 0 saturated carbocycles. The number of carboxylic acid groups (broad SMARTS) is 1. The summed E-state index contributed by atoms with van der Waals surface area (Å²) in [5.41, 5.74) is 0.488. The molecule has 0 radical (unpaired) electrons. The summed E-state index contributed by atoms with van der Waals surface area (Å²) in [6, 6.07) is 0. The molecule has 21 heavy (non-hydrogen) atoms. The van der Waals surface area contributed by atoms with E-state index in [1.807, 2.05) is 26.8 Å². The first kappa shape index (κ1) is 17.7. The van der Waals surface area contributed by atoms with Gasteiger partial charge in [-0.05, 0) is 16.4 Å². The molecule has 5 nitrogen and oxygen atoms in total. The molecule has 120 valence electrons. The van der Waals surface area contributed by atoms with Gasteiger partial charge in [0.15, 0.2) is 0 Å². The van der Waals surface area contributed by atoms with Crippen LogP contribution in [0.5, 0.6) is 0 Å². The van der Waals surface area contributed by atoms with Gasteiger partial charge in [-0.25, -0.2) is 15.6 Å². The highest BCUT2D eigenvalue weighted by molar-refractivity contribution is 5.64. The summed E-state index contributed by atoms with van der Waals surface area (Å²) in [6.45, 7) is 12.3. The average molecular weight is 296 g/mol. The zero-order valence-corrected chi connectivity index (χ0v) is 13.9. The maximum atomic E-state index is 10.9. The van der Waals surface area contributed by atoms with E-state index in [4.69, 9.17) is 10.9 Å². The maximum Gasteiger partial charge on any atom is 0.421 e. The Morgan fingerprint density at radius 3 is 2.24 bits per heavy atom. The van der Waals surface area contributed by atoms with Crippen LogP contribution in [0.3, 0.4) is 0 Å². The van der Waals surface area contributed by atoms with Gasteiger partial charge in [0.1, 0.15) is 0 Å². The molecule has 1 unspecified atom stereocenters. The van der Waals surface area contributed by atoms with Crippen LogP contribution in [0.25, 0.3) is 0 Å². The Hall–Kier alpha value is -1.33. The van der Waals surface area contributed by atoms with Crippen LogP contribution in [0.15, 0.2) is 23.3 Å². The summed E-state index contributed by atoms with van der Waals surface area (Å²) < 4.78 is 0. The SMILES string of the molecule is CC(C)(C)C1=C(CN(N)C(=O)O)C=CC(O)(C(C)(C)C)C1. The molecule has 1 amide bonds. The highest BCUT2D eigenvalue weighted by Crippen LogP contribution is 2.45. The smallest absolute Gasteiger partial charge is 0.421 e.